The molecule has 3 N–H and O–H groups in total. The third-order valence-corrected chi connectivity index (χ3v) is 4.01. The van der Waals surface area contributed by atoms with Crippen LogP contribution in [0.1, 0.15) is 25.7 Å². The van der Waals surface area contributed by atoms with E-state index in [0.717, 1.165) is 26.2 Å². The smallest absolute Gasteiger partial charge is 0.0932 e. The molecule has 1 saturated carbocycles. The first-order valence-electron chi connectivity index (χ1n) is 6.51. The second-order valence-corrected chi connectivity index (χ2v) is 5.02. The zero-order valence-corrected chi connectivity index (χ0v) is 9.98. The van der Waals surface area contributed by atoms with E-state index in [4.69, 9.17) is 15.6 Å². The Hall–Kier alpha value is -0.160. The summed E-state index contributed by atoms with van der Waals surface area (Å²) in [6.45, 7) is 3.55. The van der Waals surface area contributed by atoms with Crippen LogP contribution >= 0.6 is 0 Å². The van der Waals surface area contributed by atoms with Crippen molar-refractivity contribution >= 4 is 0 Å². The average Bonchev–Trinajstić information content (AvgIpc) is 2.38. The number of hydrogen-bond acceptors (Lipinski definition) is 4. The molecule has 16 heavy (non-hydrogen) atoms. The van der Waals surface area contributed by atoms with Gasteiger partial charge in [-0.2, -0.15) is 0 Å². The summed E-state index contributed by atoms with van der Waals surface area (Å²) < 4.78 is 5.49. The Balaban J connectivity index is 1.93. The van der Waals surface area contributed by atoms with E-state index in [1.807, 2.05) is 0 Å². The summed E-state index contributed by atoms with van der Waals surface area (Å²) in [6.07, 6.45) is 5.19. The molecule has 2 rings (SSSR count). The molecule has 3 unspecified atom stereocenters. The minimum atomic E-state index is 0.00843. The number of morpholine rings is 1. The maximum atomic E-state index is 9.15. The molecule has 3 atom stereocenters. The van der Waals surface area contributed by atoms with Crippen molar-refractivity contribution in [1.29, 1.82) is 0 Å². The molecule has 1 heterocycles. The second-order valence-electron chi connectivity index (χ2n) is 5.02. The van der Waals surface area contributed by atoms with Crippen molar-refractivity contribution in [2.75, 3.05) is 32.8 Å². The van der Waals surface area contributed by atoms with Crippen LogP contribution < -0.4 is 5.73 Å². The minimum absolute atomic E-state index is 0.00843. The molecule has 1 saturated heterocycles. The summed E-state index contributed by atoms with van der Waals surface area (Å²) >= 11 is 0. The number of aliphatic hydroxyl groups excluding tert-OH is 1. The van der Waals surface area contributed by atoms with Crippen molar-refractivity contribution in [2.45, 2.75) is 37.8 Å². The van der Waals surface area contributed by atoms with E-state index < -0.39 is 0 Å². The third kappa shape index (κ3) is 2.74. The van der Waals surface area contributed by atoms with E-state index in [-0.39, 0.29) is 12.7 Å². The molecule has 4 heteroatoms. The molecular formula is C12H24N2O2. The zero-order valence-electron chi connectivity index (χ0n) is 9.98. The largest absolute Gasteiger partial charge is 0.394 e. The van der Waals surface area contributed by atoms with E-state index in [0.29, 0.717) is 12.0 Å². The molecule has 0 spiro atoms. The highest BCUT2D eigenvalue weighted by molar-refractivity contribution is 4.86. The summed E-state index contributed by atoms with van der Waals surface area (Å²) in [7, 11) is 0. The van der Waals surface area contributed by atoms with E-state index in [1.165, 1.54) is 25.7 Å². The van der Waals surface area contributed by atoms with Gasteiger partial charge in [0.15, 0.2) is 0 Å². The van der Waals surface area contributed by atoms with Crippen LogP contribution in [-0.4, -0.2) is 55.0 Å². The van der Waals surface area contributed by atoms with E-state index in [9.17, 15) is 0 Å². The predicted octanol–water partition coefficient (Wildman–Crippen LogP) is 0.197. The molecule has 0 aromatic heterocycles. The van der Waals surface area contributed by atoms with Crippen LogP contribution in [-0.2, 0) is 4.74 Å². The highest BCUT2D eigenvalue weighted by Crippen LogP contribution is 2.28. The first-order valence-corrected chi connectivity index (χ1v) is 6.51. The van der Waals surface area contributed by atoms with Crippen molar-refractivity contribution in [3.8, 4) is 0 Å². The summed E-state index contributed by atoms with van der Waals surface area (Å²) in [5, 5.41) is 9.15. The Morgan fingerprint density at radius 1 is 1.31 bits per heavy atom. The number of nitrogens with two attached hydrogens (primary N) is 1. The van der Waals surface area contributed by atoms with Gasteiger partial charge in [-0.25, -0.2) is 0 Å². The van der Waals surface area contributed by atoms with Crippen LogP contribution in [0.15, 0.2) is 0 Å². The fourth-order valence-electron chi connectivity index (χ4n) is 3.10. The maximum Gasteiger partial charge on any atom is 0.0932 e. The molecule has 0 bridgehead atoms. The maximum absolute atomic E-state index is 9.15. The summed E-state index contributed by atoms with van der Waals surface area (Å²) in [6, 6.07) is 0.622. The standard InChI is InChI=1S/C12H24N2O2/c13-7-10-3-1-2-4-12(10)14-5-6-16-11(8-14)9-15/h10-12,15H,1-9,13H2. The van der Waals surface area contributed by atoms with Crippen LogP contribution in [0.4, 0.5) is 0 Å². The van der Waals surface area contributed by atoms with Crippen LogP contribution in [0.2, 0.25) is 0 Å². The van der Waals surface area contributed by atoms with Gasteiger partial charge in [0.05, 0.1) is 19.3 Å². The van der Waals surface area contributed by atoms with Crippen molar-refractivity contribution in [3.63, 3.8) is 0 Å². The zero-order chi connectivity index (χ0) is 11.4. The molecule has 0 aromatic rings. The number of aliphatic hydroxyl groups is 1. The van der Waals surface area contributed by atoms with Crippen molar-refractivity contribution in [2.24, 2.45) is 11.7 Å². The highest BCUT2D eigenvalue weighted by Gasteiger charge is 2.32. The van der Waals surface area contributed by atoms with Gasteiger partial charge in [0.2, 0.25) is 0 Å². The molecule has 1 aliphatic heterocycles. The Morgan fingerprint density at radius 2 is 2.12 bits per heavy atom. The molecule has 0 aromatic carbocycles. The summed E-state index contributed by atoms with van der Waals surface area (Å²) in [5.74, 6) is 0.645. The van der Waals surface area contributed by atoms with Gasteiger partial charge in [-0.15, -0.1) is 0 Å². The number of rotatable bonds is 3. The number of hydrogen-bond donors (Lipinski definition) is 2. The Bertz CT molecular complexity index is 213. The monoisotopic (exact) mass is 228 g/mol. The fourth-order valence-corrected chi connectivity index (χ4v) is 3.10. The topological polar surface area (TPSA) is 58.7 Å². The quantitative estimate of drug-likeness (QED) is 0.724. The van der Waals surface area contributed by atoms with Crippen LogP contribution in [0.5, 0.6) is 0 Å². The Labute approximate surface area is 97.7 Å². The van der Waals surface area contributed by atoms with Crippen LogP contribution in [0, 0.1) is 5.92 Å². The molecule has 2 fully saturated rings. The lowest BCUT2D eigenvalue weighted by molar-refractivity contribution is -0.0755. The molecule has 2 aliphatic rings. The van der Waals surface area contributed by atoms with Gasteiger partial charge >= 0.3 is 0 Å². The summed E-state index contributed by atoms with van der Waals surface area (Å²) in [5.41, 5.74) is 5.86. The SMILES string of the molecule is NCC1CCCCC1N1CCOC(CO)C1. The summed E-state index contributed by atoms with van der Waals surface area (Å²) in [4.78, 5) is 2.49. The predicted molar refractivity (Wildman–Crippen MR) is 63.2 cm³/mol. The van der Waals surface area contributed by atoms with Crippen molar-refractivity contribution in [1.82, 2.24) is 4.90 Å². The van der Waals surface area contributed by atoms with Gasteiger partial charge < -0.3 is 15.6 Å². The van der Waals surface area contributed by atoms with Crippen molar-refractivity contribution in [3.05, 3.63) is 0 Å². The first-order chi connectivity index (χ1) is 7.85. The normalized spacial score (nSPS) is 37.5. The third-order valence-electron chi connectivity index (χ3n) is 4.01. The van der Waals surface area contributed by atoms with E-state index in [1.54, 1.807) is 0 Å². The molecule has 4 nitrogen and oxygen atoms in total. The van der Waals surface area contributed by atoms with Gasteiger partial charge in [-0.05, 0) is 25.3 Å². The second kappa shape index (κ2) is 5.96. The average molecular weight is 228 g/mol. The van der Waals surface area contributed by atoms with Crippen LogP contribution in [0.3, 0.4) is 0 Å². The first kappa shape index (κ1) is 12.3. The molecule has 94 valence electrons. The van der Waals surface area contributed by atoms with Crippen molar-refractivity contribution < 1.29 is 9.84 Å². The van der Waals surface area contributed by atoms with Gasteiger partial charge in [-0.3, -0.25) is 4.90 Å². The number of nitrogens with zero attached hydrogens (tertiary/aromatic N) is 1. The Morgan fingerprint density at radius 3 is 2.88 bits per heavy atom. The molecule has 0 amide bonds. The van der Waals surface area contributed by atoms with E-state index >= 15 is 0 Å². The van der Waals surface area contributed by atoms with Gasteiger partial charge in [0, 0.05) is 19.1 Å². The minimum Gasteiger partial charge on any atom is -0.394 e. The van der Waals surface area contributed by atoms with Gasteiger partial charge in [0.1, 0.15) is 0 Å². The van der Waals surface area contributed by atoms with E-state index in [2.05, 4.69) is 4.90 Å². The highest BCUT2D eigenvalue weighted by atomic mass is 16.5. The number of ether oxygens (including phenoxy) is 1. The van der Waals surface area contributed by atoms with Gasteiger partial charge in [0.25, 0.3) is 0 Å². The molecular weight excluding hydrogens is 204 g/mol. The lowest BCUT2D eigenvalue weighted by Gasteiger charge is -2.43. The molecule has 0 radical (unpaired) electrons. The van der Waals surface area contributed by atoms with Gasteiger partial charge in [-0.1, -0.05) is 12.8 Å². The van der Waals surface area contributed by atoms with Crippen LogP contribution in [0.25, 0.3) is 0 Å². The molecule has 1 aliphatic carbocycles. The lowest BCUT2D eigenvalue weighted by atomic mass is 9.83. The fraction of sp³-hybridized carbons (Fsp3) is 1.00. The lowest BCUT2D eigenvalue weighted by Crippen LogP contribution is -2.53. The Kier molecular flexibility index (Phi) is 4.58.